The van der Waals surface area contributed by atoms with Crippen LogP contribution in [0.25, 0.3) is 0 Å². The second-order valence-corrected chi connectivity index (χ2v) is 4.67. The molecule has 0 saturated heterocycles. The molecule has 0 aliphatic rings. The molecule has 4 heteroatoms. The molecule has 18 heavy (non-hydrogen) atoms. The minimum Gasteiger partial charge on any atom is -0.463 e. The first-order chi connectivity index (χ1) is 8.31. The van der Waals surface area contributed by atoms with E-state index >= 15 is 0 Å². The fraction of sp³-hybridized carbons (Fsp3) is 0.714. The van der Waals surface area contributed by atoms with Crippen molar-refractivity contribution in [1.29, 1.82) is 0 Å². The van der Waals surface area contributed by atoms with Crippen LogP contribution in [0.2, 0.25) is 0 Å². The minimum absolute atomic E-state index is 0.0579. The molecule has 0 aliphatic heterocycles. The van der Waals surface area contributed by atoms with E-state index in [9.17, 15) is 9.59 Å². The molecule has 0 radical (unpaired) electrons. The fourth-order valence-corrected chi connectivity index (χ4v) is 1.77. The lowest BCUT2D eigenvalue weighted by Gasteiger charge is -2.13. The molecule has 2 atom stereocenters. The smallest absolute Gasteiger partial charge is 0.302 e. The van der Waals surface area contributed by atoms with Crippen LogP contribution >= 0.6 is 0 Å². The molecule has 0 aromatic carbocycles. The summed E-state index contributed by atoms with van der Waals surface area (Å²) >= 11 is 0. The van der Waals surface area contributed by atoms with Gasteiger partial charge in [0.15, 0.2) is 0 Å². The topological polar surface area (TPSA) is 52.6 Å². The maximum Gasteiger partial charge on any atom is 0.302 e. The Labute approximate surface area is 109 Å². The predicted octanol–water partition coefficient (Wildman–Crippen LogP) is 3.01. The molecular formula is C14H24O4. The fourth-order valence-electron chi connectivity index (χ4n) is 1.77. The first-order valence-corrected chi connectivity index (χ1v) is 6.31. The molecule has 0 rings (SSSR count). The number of hydrogen-bond acceptors (Lipinski definition) is 4. The van der Waals surface area contributed by atoms with E-state index in [1.54, 1.807) is 0 Å². The Morgan fingerprint density at radius 3 is 2.00 bits per heavy atom. The zero-order valence-electron chi connectivity index (χ0n) is 12.0. The van der Waals surface area contributed by atoms with E-state index in [1.165, 1.54) is 19.4 Å². The molecule has 0 aliphatic carbocycles. The van der Waals surface area contributed by atoms with E-state index in [4.69, 9.17) is 9.47 Å². The maximum atomic E-state index is 10.8. The summed E-state index contributed by atoms with van der Waals surface area (Å²) in [6, 6.07) is 0. The molecule has 0 aromatic rings. The van der Waals surface area contributed by atoms with Crippen LogP contribution in [0.5, 0.6) is 0 Å². The summed E-state index contributed by atoms with van der Waals surface area (Å²) in [6.45, 7) is 8.59. The summed E-state index contributed by atoms with van der Waals surface area (Å²) < 4.78 is 10.1. The number of ether oxygens (including phenoxy) is 2. The second kappa shape index (κ2) is 8.72. The predicted molar refractivity (Wildman–Crippen MR) is 70.1 cm³/mol. The number of rotatable bonds is 7. The second-order valence-electron chi connectivity index (χ2n) is 4.67. The van der Waals surface area contributed by atoms with Gasteiger partial charge in [0.1, 0.15) is 6.10 Å². The molecule has 104 valence electrons. The monoisotopic (exact) mass is 256 g/mol. The molecule has 0 fully saturated rings. The summed E-state index contributed by atoms with van der Waals surface area (Å²) in [5, 5.41) is 0. The number of allylic oxidation sites excluding steroid dienone is 1. The third kappa shape index (κ3) is 9.87. The third-order valence-electron chi connectivity index (χ3n) is 2.41. The van der Waals surface area contributed by atoms with E-state index in [1.807, 2.05) is 20.8 Å². The van der Waals surface area contributed by atoms with Gasteiger partial charge in [-0.2, -0.15) is 0 Å². The quantitative estimate of drug-likeness (QED) is 0.519. The average Bonchev–Trinajstić information content (AvgIpc) is 2.13. The van der Waals surface area contributed by atoms with Gasteiger partial charge in [-0.3, -0.25) is 9.59 Å². The Hall–Kier alpha value is -1.32. The molecule has 0 spiro atoms. The van der Waals surface area contributed by atoms with E-state index in [-0.39, 0.29) is 24.1 Å². The first-order valence-electron chi connectivity index (χ1n) is 6.31. The van der Waals surface area contributed by atoms with Crippen molar-refractivity contribution in [1.82, 2.24) is 0 Å². The summed E-state index contributed by atoms with van der Waals surface area (Å²) in [5.74, 6) is -0.495. The first kappa shape index (κ1) is 16.7. The van der Waals surface area contributed by atoms with Crippen LogP contribution in [0.15, 0.2) is 11.6 Å². The van der Waals surface area contributed by atoms with Gasteiger partial charge in [0.2, 0.25) is 0 Å². The lowest BCUT2D eigenvalue weighted by atomic mass is 10.1. The van der Waals surface area contributed by atoms with Gasteiger partial charge in [0, 0.05) is 20.3 Å². The van der Waals surface area contributed by atoms with Gasteiger partial charge >= 0.3 is 11.9 Å². The van der Waals surface area contributed by atoms with Gasteiger partial charge in [-0.05, 0) is 33.6 Å². The highest BCUT2D eigenvalue weighted by atomic mass is 16.5. The van der Waals surface area contributed by atoms with E-state index in [0.29, 0.717) is 0 Å². The molecule has 0 N–H and O–H groups in total. The minimum atomic E-state index is -0.251. The van der Waals surface area contributed by atoms with Crippen molar-refractivity contribution >= 4 is 11.9 Å². The normalized spacial score (nSPS) is 14.8. The van der Waals surface area contributed by atoms with Gasteiger partial charge in [-0.25, -0.2) is 0 Å². The lowest BCUT2D eigenvalue weighted by molar-refractivity contribution is -0.146. The standard InChI is InChI=1S/C14H24O4/c1-10(9-12(3)18-14(5)16)7-6-8-11(2)17-13(4)15/h7,11-12H,6,8-9H2,1-5H3/b10-7+. The van der Waals surface area contributed by atoms with Gasteiger partial charge in [0.05, 0.1) is 6.10 Å². The summed E-state index contributed by atoms with van der Waals surface area (Å²) in [6.07, 6.45) is 4.34. The Bertz CT molecular complexity index is 307. The van der Waals surface area contributed by atoms with Crippen molar-refractivity contribution in [3.63, 3.8) is 0 Å². The highest BCUT2D eigenvalue weighted by Crippen LogP contribution is 2.11. The molecule has 0 saturated carbocycles. The van der Waals surface area contributed by atoms with E-state index in [0.717, 1.165) is 19.3 Å². The van der Waals surface area contributed by atoms with Gasteiger partial charge < -0.3 is 9.47 Å². The molecular weight excluding hydrogens is 232 g/mol. The summed E-state index contributed by atoms with van der Waals surface area (Å²) in [5.41, 5.74) is 1.18. The maximum absolute atomic E-state index is 10.8. The van der Waals surface area contributed by atoms with E-state index in [2.05, 4.69) is 6.08 Å². The number of carbonyl (C=O) groups excluding carboxylic acids is 2. The van der Waals surface area contributed by atoms with Crippen molar-refractivity contribution in [3.05, 3.63) is 11.6 Å². The summed E-state index contributed by atoms with van der Waals surface area (Å²) in [4.78, 5) is 21.5. The van der Waals surface area contributed by atoms with Gasteiger partial charge in [0.25, 0.3) is 0 Å². The Kier molecular flexibility index (Phi) is 8.08. The van der Waals surface area contributed by atoms with Crippen LogP contribution in [0.4, 0.5) is 0 Å². The van der Waals surface area contributed by atoms with Gasteiger partial charge in [-0.15, -0.1) is 0 Å². The van der Waals surface area contributed by atoms with Crippen molar-refractivity contribution in [2.45, 2.75) is 66.1 Å². The number of carbonyl (C=O) groups is 2. The Balaban J connectivity index is 3.90. The van der Waals surface area contributed by atoms with Crippen molar-refractivity contribution < 1.29 is 19.1 Å². The SMILES string of the molecule is CC(=O)OC(C)CC/C=C(\C)CC(C)OC(C)=O. The van der Waals surface area contributed by atoms with Crippen molar-refractivity contribution in [2.24, 2.45) is 0 Å². The van der Waals surface area contributed by atoms with Crippen LogP contribution in [0, 0.1) is 0 Å². The largest absolute Gasteiger partial charge is 0.463 e. The average molecular weight is 256 g/mol. The Morgan fingerprint density at radius 1 is 1.00 bits per heavy atom. The zero-order valence-corrected chi connectivity index (χ0v) is 12.0. The van der Waals surface area contributed by atoms with Crippen LogP contribution in [-0.4, -0.2) is 24.1 Å². The van der Waals surface area contributed by atoms with Crippen LogP contribution < -0.4 is 0 Å². The van der Waals surface area contributed by atoms with Crippen LogP contribution in [0.1, 0.15) is 53.9 Å². The molecule has 4 nitrogen and oxygen atoms in total. The third-order valence-corrected chi connectivity index (χ3v) is 2.41. The Morgan fingerprint density at radius 2 is 1.50 bits per heavy atom. The summed E-state index contributed by atoms with van der Waals surface area (Å²) in [7, 11) is 0. The molecule has 0 heterocycles. The number of esters is 2. The van der Waals surface area contributed by atoms with Crippen molar-refractivity contribution in [2.75, 3.05) is 0 Å². The highest BCUT2D eigenvalue weighted by molar-refractivity contribution is 5.66. The molecule has 0 aromatic heterocycles. The molecule has 2 unspecified atom stereocenters. The van der Waals surface area contributed by atoms with Gasteiger partial charge in [-0.1, -0.05) is 11.6 Å². The highest BCUT2D eigenvalue weighted by Gasteiger charge is 2.07. The van der Waals surface area contributed by atoms with E-state index < -0.39 is 0 Å². The molecule has 0 amide bonds. The zero-order chi connectivity index (χ0) is 14.1. The lowest BCUT2D eigenvalue weighted by Crippen LogP contribution is -2.13. The van der Waals surface area contributed by atoms with Crippen LogP contribution in [0.3, 0.4) is 0 Å². The number of hydrogen-bond donors (Lipinski definition) is 0. The molecule has 0 bridgehead atoms. The van der Waals surface area contributed by atoms with Crippen LogP contribution in [-0.2, 0) is 19.1 Å². The van der Waals surface area contributed by atoms with Crippen molar-refractivity contribution in [3.8, 4) is 0 Å².